The van der Waals surface area contributed by atoms with Crippen molar-refractivity contribution in [2.24, 2.45) is 0 Å². The van der Waals surface area contributed by atoms with Crippen molar-refractivity contribution in [2.75, 3.05) is 0 Å². The van der Waals surface area contributed by atoms with Gasteiger partial charge in [0.25, 0.3) is 0 Å². The Hall–Kier alpha value is -2.75. The van der Waals surface area contributed by atoms with Crippen LogP contribution in [-0.2, 0) is 22.9 Å². The Bertz CT molecular complexity index is 1050. The molecule has 2 aromatic heterocycles. The molecule has 6 nitrogen and oxygen atoms in total. The fraction of sp³-hybridized carbons (Fsp3) is 0.429. The van der Waals surface area contributed by atoms with Gasteiger partial charge in [0.2, 0.25) is 11.8 Å². The highest BCUT2D eigenvalue weighted by Crippen LogP contribution is 2.36. The maximum absolute atomic E-state index is 12.8. The van der Waals surface area contributed by atoms with Crippen LogP contribution in [0.15, 0.2) is 34.2 Å². The van der Waals surface area contributed by atoms with E-state index in [4.69, 9.17) is 4.52 Å². The first kappa shape index (κ1) is 21.5. The molecule has 0 radical (unpaired) electrons. The highest BCUT2D eigenvalue weighted by molar-refractivity contribution is 7.13. The molecule has 1 aromatic carbocycles. The molecular weight excluding hydrogens is 429 g/mol. The predicted molar refractivity (Wildman–Crippen MR) is 108 cm³/mol. The van der Waals surface area contributed by atoms with E-state index >= 15 is 0 Å². The quantitative estimate of drug-likeness (QED) is 0.589. The Morgan fingerprint density at radius 3 is 2.48 bits per heavy atom. The van der Waals surface area contributed by atoms with Gasteiger partial charge in [-0.05, 0) is 25.0 Å². The Kier molecular flexibility index (Phi) is 5.83. The Labute approximate surface area is 180 Å². The minimum atomic E-state index is -4.38. The second kappa shape index (κ2) is 8.41. The molecule has 0 saturated heterocycles. The number of alkyl halides is 3. The number of halogens is 3. The fourth-order valence-corrected chi connectivity index (χ4v) is 4.68. The summed E-state index contributed by atoms with van der Waals surface area (Å²) in [5.74, 6) is 0.755. The minimum absolute atomic E-state index is 0.0652. The number of thiazole rings is 1. The number of carbonyl (C=O) groups excluding carboxylic acids is 1. The van der Waals surface area contributed by atoms with Gasteiger partial charge in [0.05, 0.1) is 17.7 Å². The number of hydrogen-bond donors (Lipinski definition) is 1. The van der Waals surface area contributed by atoms with E-state index in [1.54, 1.807) is 12.3 Å². The second-order valence-corrected chi connectivity index (χ2v) is 8.58. The number of nitrogens with one attached hydrogen (secondary N) is 1. The van der Waals surface area contributed by atoms with Crippen LogP contribution in [0, 0.1) is 6.92 Å². The topological polar surface area (TPSA) is 80.9 Å². The van der Waals surface area contributed by atoms with Gasteiger partial charge in [0, 0.05) is 17.9 Å². The summed E-state index contributed by atoms with van der Waals surface area (Å²) in [7, 11) is 0. The van der Waals surface area contributed by atoms with Crippen LogP contribution in [0.1, 0.15) is 55.1 Å². The van der Waals surface area contributed by atoms with Crippen molar-refractivity contribution in [1.82, 2.24) is 20.4 Å². The summed E-state index contributed by atoms with van der Waals surface area (Å²) in [4.78, 5) is 21.6. The first-order valence-corrected chi connectivity index (χ1v) is 10.9. The van der Waals surface area contributed by atoms with Crippen molar-refractivity contribution < 1.29 is 22.5 Å². The molecule has 1 saturated carbocycles. The van der Waals surface area contributed by atoms with Gasteiger partial charge in [0.1, 0.15) is 10.5 Å². The van der Waals surface area contributed by atoms with Gasteiger partial charge >= 0.3 is 6.18 Å². The van der Waals surface area contributed by atoms with Crippen molar-refractivity contribution >= 4 is 17.2 Å². The average Bonchev–Trinajstić information content (AvgIpc) is 3.37. The molecule has 1 aliphatic rings. The predicted octanol–water partition coefficient (Wildman–Crippen LogP) is 5.04. The van der Waals surface area contributed by atoms with Crippen LogP contribution in [0.4, 0.5) is 13.2 Å². The zero-order chi connectivity index (χ0) is 22.1. The summed E-state index contributed by atoms with van der Waals surface area (Å²) in [5, 5.41) is 9.46. The molecule has 0 bridgehead atoms. The molecule has 0 spiro atoms. The molecule has 164 valence electrons. The van der Waals surface area contributed by atoms with Gasteiger partial charge in [-0.3, -0.25) is 4.79 Å². The number of benzene rings is 1. The normalized spacial score (nSPS) is 16.3. The lowest BCUT2D eigenvalue weighted by molar-refractivity contribution is -0.137. The molecule has 31 heavy (non-hydrogen) atoms. The molecule has 1 aliphatic carbocycles. The van der Waals surface area contributed by atoms with Crippen LogP contribution < -0.4 is 5.32 Å². The molecule has 4 rings (SSSR count). The molecule has 1 amide bonds. The Morgan fingerprint density at radius 2 is 1.87 bits per heavy atom. The average molecular weight is 450 g/mol. The van der Waals surface area contributed by atoms with Crippen molar-refractivity contribution in [1.29, 1.82) is 0 Å². The molecule has 3 aromatic rings. The lowest BCUT2D eigenvalue weighted by Gasteiger charge is -2.35. The summed E-state index contributed by atoms with van der Waals surface area (Å²) in [6.07, 6.45) is 0.187. The Balaban J connectivity index is 1.46. The summed E-state index contributed by atoms with van der Waals surface area (Å²) in [6.45, 7) is 1.72. The standard InChI is InChI=1S/C21H21F3N4O2S/c1-13-25-19(28-30-13)20(9-3-2-4-10-20)27-17(29)11-16-12-31-18(26-16)14-5-7-15(8-6-14)21(22,23)24/h5-8,12H,2-4,9-11H2,1H3,(H,27,29). The van der Waals surface area contributed by atoms with E-state index in [0.717, 1.165) is 44.2 Å². The molecule has 2 heterocycles. The first-order chi connectivity index (χ1) is 14.7. The van der Waals surface area contributed by atoms with Gasteiger partial charge in [-0.2, -0.15) is 18.2 Å². The van der Waals surface area contributed by atoms with Crippen molar-refractivity contribution in [2.45, 2.75) is 57.2 Å². The van der Waals surface area contributed by atoms with Crippen molar-refractivity contribution in [3.05, 3.63) is 52.6 Å². The van der Waals surface area contributed by atoms with Gasteiger partial charge < -0.3 is 9.84 Å². The van der Waals surface area contributed by atoms with Crippen LogP contribution in [0.25, 0.3) is 10.6 Å². The van der Waals surface area contributed by atoms with Crippen LogP contribution in [0.5, 0.6) is 0 Å². The molecule has 0 unspecified atom stereocenters. The SMILES string of the molecule is Cc1nc(C2(NC(=O)Cc3csc(-c4ccc(C(F)(F)F)cc4)n3)CCCCC2)no1. The zero-order valence-corrected chi connectivity index (χ0v) is 17.6. The highest BCUT2D eigenvalue weighted by atomic mass is 32.1. The van der Waals surface area contributed by atoms with E-state index in [0.29, 0.717) is 28.0 Å². The Morgan fingerprint density at radius 1 is 1.16 bits per heavy atom. The van der Waals surface area contributed by atoms with Crippen LogP contribution in [0.2, 0.25) is 0 Å². The number of rotatable bonds is 5. The third kappa shape index (κ3) is 4.79. The van der Waals surface area contributed by atoms with E-state index < -0.39 is 17.3 Å². The highest BCUT2D eigenvalue weighted by Gasteiger charge is 2.39. The largest absolute Gasteiger partial charge is 0.416 e. The second-order valence-electron chi connectivity index (χ2n) is 7.72. The molecule has 10 heteroatoms. The van der Waals surface area contributed by atoms with Gasteiger partial charge in [0.15, 0.2) is 5.82 Å². The lowest BCUT2D eigenvalue weighted by atomic mass is 9.81. The van der Waals surface area contributed by atoms with Gasteiger partial charge in [-0.1, -0.05) is 36.6 Å². The molecular formula is C21H21F3N4O2S. The molecule has 0 atom stereocenters. The number of aryl methyl sites for hydroxylation is 1. The number of hydrogen-bond acceptors (Lipinski definition) is 6. The number of amides is 1. The van der Waals surface area contributed by atoms with Crippen molar-refractivity contribution in [3.63, 3.8) is 0 Å². The summed E-state index contributed by atoms with van der Waals surface area (Å²) in [5.41, 5.74) is -0.204. The fourth-order valence-electron chi connectivity index (χ4n) is 3.85. The van der Waals surface area contributed by atoms with E-state index in [-0.39, 0.29) is 12.3 Å². The van der Waals surface area contributed by atoms with E-state index in [1.807, 2.05) is 0 Å². The van der Waals surface area contributed by atoms with Crippen LogP contribution in [0.3, 0.4) is 0 Å². The smallest absolute Gasteiger partial charge is 0.343 e. The lowest BCUT2D eigenvalue weighted by Crippen LogP contribution is -2.48. The van der Waals surface area contributed by atoms with Crippen LogP contribution in [-0.4, -0.2) is 21.0 Å². The maximum Gasteiger partial charge on any atom is 0.416 e. The molecule has 1 N–H and O–H groups in total. The van der Waals surface area contributed by atoms with E-state index in [1.165, 1.54) is 23.5 Å². The monoisotopic (exact) mass is 450 g/mol. The number of aromatic nitrogens is 3. The third-order valence-corrected chi connectivity index (χ3v) is 6.33. The number of carbonyl (C=O) groups is 1. The van der Waals surface area contributed by atoms with E-state index in [9.17, 15) is 18.0 Å². The third-order valence-electron chi connectivity index (χ3n) is 5.39. The summed E-state index contributed by atoms with van der Waals surface area (Å²) < 4.78 is 43.4. The zero-order valence-electron chi connectivity index (χ0n) is 16.8. The van der Waals surface area contributed by atoms with Crippen LogP contribution >= 0.6 is 11.3 Å². The molecule has 0 aliphatic heterocycles. The summed E-state index contributed by atoms with van der Waals surface area (Å²) in [6, 6.07) is 4.84. The minimum Gasteiger partial charge on any atom is -0.343 e. The number of nitrogens with zero attached hydrogens (tertiary/aromatic N) is 3. The maximum atomic E-state index is 12.8. The summed E-state index contributed by atoms with van der Waals surface area (Å²) >= 11 is 1.29. The van der Waals surface area contributed by atoms with Gasteiger partial charge in [-0.15, -0.1) is 11.3 Å². The molecule has 1 fully saturated rings. The van der Waals surface area contributed by atoms with Crippen molar-refractivity contribution in [3.8, 4) is 10.6 Å². The van der Waals surface area contributed by atoms with E-state index in [2.05, 4.69) is 20.4 Å². The van der Waals surface area contributed by atoms with Gasteiger partial charge in [-0.25, -0.2) is 4.98 Å². The first-order valence-electron chi connectivity index (χ1n) is 9.99.